The number of likely N-dealkylation sites (tertiary alicyclic amines) is 1. The van der Waals surface area contributed by atoms with E-state index in [1.807, 2.05) is 12.1 Å². The summed E-state index contributed by atoms with van der Waals surface area (Å²) in [6.07, 6.45) is 5.54. The van der Waals surface area contributed by atoms with Gasteiger partial charge in [0.2, 0.25) is 0 Å². The van der Waals surface area contributed by atoms with Crippen molar-refractivity contribution in [3.05, 3.63) is 35.4 Å². The van der Waals surface area contributed by atoms with Crippen molar-refractivity contribution in [2.45, 2.75) is 36.5 Å². The minimum absolute atomic E-state index is 0. The molecule has 0 amide bonds. The molecule has 5 atom stereocenters. The maximum Gasteiger partial charge on any atom is 0.165 e. The Hall–Kier alpha value is -0.790. The molecule has 1 aromatic rings. The minimum Gasteiger partial charge on any atom is -0.493 e. The molecule has 1 saturated heterocycles. The monoisotopic (exact) mass is 427 g/mol. The van der Waals surface area contributed by atoms with Crippen molar-refractivity contribution < 1.29 is 14.6 Å². The molecule has 1 fully saturated rings. The third kappa shape index (κ3) is 1.73. The summed E-state index contributed by atoms with van der Waals surface area (Å²) in [4.78, 5) is 2.47. The fourth-order valence-electron chi connectivity index (χ4n) is 5.39. The molecule has 5 rings (SSSR count). The molecule has 0 radical (unpaired) electrons. The molecule has 5 heteroatoms. The Balaban J connectivity index is 0.00000135. The van der Waals surface area contributed by atoms with E-state index >= 15 is 0 Å². The van der Waals surface area contributed by atoms with Crippen molar-refractivity contribution in [3.8, 4) is 11.5 Å². The molecule has 4 aliphatic rings. The number of hydrogen-bond acceptors (Lipinski definition) is 4. The van der Waals surface area contributed by atoms with E-state index in [0.29, 0.717) is 12.0 Å². The average Bonchev–Trinajstić information content (AvgIpc) is 2.88. The molecule has 0 saturated carbocycles. The highest BCUT2D eigenvalue weighted by molar-refractivity contribution is 14.0. The van der Waals surface area contributed by atoms with Crippen molar-refractivity contribution in [1.82, 2.24) is 4.90 Å². The predicted molar refractivity (Wildman–Crippen MR) is 97.9 cm³/mol. The largest absolute Gasteiger partial charge is 0.493 e. The number of aliphatic hydroxyl groups is 1. The maximum absolute atomic E-state index is 10.6. The number of halogens is 1. The second-order valence-corrected chi connectivity index (χ2v) is 7.11. The summed E-state index contributed by atoms with van der Waals surface area (Å²) in [5.74, 6) is 2.09. The molecule has 23 heavy (non-hydrogen) atoms. The Morgan fingerprint density at radius 1 is 1.35 bits per heavy atom. The lowest BCUT2D eigenvalue weighted by molar-refractivity contribution is -0.0453. The summed E-state index contributed by atoms with van der Waals surface area (Å²) in [5.41, 5.74) is 2.60. The third-order valence-electron chi connectivity index (χ3n) is 6.35. The van der Waals surface area contributed by atoms with Crippen LogP contribution in [0, 0.1) is 5.92 Å². The average molecular weight is 427 g/mol. The van der Waals surface area contributed by atoms with Crippen LogP contribution in [0.15, 0.2) is 24.3 Å². The molecule has 2 aliphatic heterocycles. The normalized spacial score (nSPS) is 39.3. The molecule has 1 N–H and O–H groups in total. The first-order valence-corrected chi connectivity index (χ1v) is 8.10. The molecule has 2 heterocycles. The third-order valence-corrected chi connectivity index (χ3v) is 6.35. The Labute approximate surface area is 153 Å². The van der Waals surface area contributed by atoms with E-state index in [1.54, 1.807) is 7.11 Å². The quantitative estimate of drug-likeness (QED) is 0.551. The van der Waals surface area contributed by atoms with Gasteiger partial charge in [0.05, 0.1) is 7.11 Å². The van der Waals surface area contributed by atoms with Gasteiger partial charge in [0.1, 0.15) is 12.2 Å². The van der Waals surface area contributed by atoms with Crippen molar-refractivity contribution in [2.24, 2.45) is 5.92 Å². The molecule has 0 aromatic heterocycles. The van der Waals surface area contributed by atoms with Gasteiger partial charge in [-0.05, 0) is 38.1 Å². The summed E-state index contributed by atoms with van der Waals surface area (Å²) in [6, 6.07) is 4.70. The van der Waals surface area contributed by atoms with E-state index in [4.69, 9.17) is 9.47 Å². The minimum atomic E-state index is -0.539. The summed E-state index contributed by atoms with van der Waals surface area (Å²) in [5, 5.41) is 10.6. The van der Waals surface area contributed by atoms with E-state index in [2.05, 4.69) is 24.1 Å². The van der Waals surface area contributed by atoms with Crippen LogP contribution in [0.1, 0.15) is 17.5 Å². The number of nitrogens with zero attached hydrogens (tertiary/aromatic N) is 1. The Kier molecular flexibility index (Phi) is 3.49. The molecular formula is C18H22INO3. The van der Waals surface area contributed by atoms with Crippen LogP contribution in [-0.2, 0) is 11.8 Å². The Morgan fingerprint density at radius 3 is 2.96 bits per heavy atom. The van der Waals surface area contributed by atoms with Crippen LogP contribution in [0.5, 0.6) is 11.5 Å². The predicted octanol–water partition coefficient (Wildman–Crippen LogP) is 2.12. The number of likely N-dealkylation sites (N-methyl/N-ethyl adjacent to an activating group) is 1. The van der Waals surface area contributed by atoms with Crippen LogP contribution in [0.4, 0.5) is 0 Å². The van der Waals surface area contributed by atoms with Crippen molar-refractivity contribution in [3.63, 3.8) is 0 Å². The van der Waals surface area contributed by atoms with Crippen LogP contribution in [0.3, 0.4) is 0 Å². The topological polar surface area (TPSA) is 41.9 Å². The number of ether oxygens (including phenoxy) is 2. The molecule has 2 aliphatic carbocycles. The number of aliphatic hydroxyl groups excluding tert-OH is 1. The standard InChI is InChI=1S/C18H21NO3.HI/c1-19-8-7-18-11-4-5-13(20)17(18)22-16-14(21-2)6-3-10(15(16)18)9-12(11)19;/h3-6,11-13,17,20H,7-9H2,1-2H3;1H/t11-,12+,13-,17-,18-;/m0./s1. The SMILES string of the molecule is COc1ccc2c3c1O[C@H]1[C@@H](O)C=C[C@H]4[C@@H](C2)N(C)CC[C@@]341.I. The molecule has 2 bridgehead atoms. The summed E-state index contributed by atoms with van der Waals surface area (Å²) < 4.78 is 11.8. The summed E-state index contributed by atoms with van der Waals surface area (Å²) in [7, 11) is 3.91. The second-order valence-electron chi connectivity index (χ2n) is 7.11. The molecule has 0 unspecified atom stereocenters. The van der Waals surface area contributed by atoms with E-state index in [1.165, 1.54) is 11.1 Å². The van der Waals surface area contributed by atoms with Gasteiger partial charge in [-0.15, -0.1) is 24.0 Å². The number of rotatable bonds is 1. The molecular weight excluding hydrogens is 405 g/mol. The fourth-order valence-corrected chi connectivity index (χ4v) is 5.39. The van der Waals surface area contributed by atoms with Crippen molar-refractivity contribution in [2.75, 3.05) is 20.7 Å². The van der Waals surface area contributed by atoms with Crippen LogP contribution in [0.2, 0.25) is 0 Å². The van der Waals surface area contributed by atoms with Gasteiger partial charge in [-0.2, -0.15) is 0 Å². The van der Waals surface area contributed by atoms with Gasteiger partial charge in [0.15, 0.2) is 11.5 Å². The van der Waals surface area contributed by atoms with E-state index in [0.717, 1.165) is 30.9 Å². The Morgan fingerprint density at radius 2 is 2.17 bits per heavy atom. The number of hydrogen-bond donors (Lipinski definition) is 1. The lowest BCUT2D eigenvalue weighted by Crippen LogP contribution is -2.64. The number of piperidine rings is 1. The first kappa shape index (κ1) is 15.7. The van der Waals surface area contributed by atoms with Gasteiger partial charge in [0, 0.05) is 22.9 Å². The zero-order valence-corrected chi connectivity index (χ0v) is 15.7. The molecule has 124 valence electrons. The lowest BCUT2D eigenvalue weighted by Gasteiger charge is -2.56. The molecule has 1 spiro atoms. The highest BCUT2D eigenvalue weighted by atomic mass is 127. The highest BCUT2D eigenvalue weighted by Crippen LogP contribution is 2.62. The maximum atomic E-state index is 10.6. The van der Waals surface area contributed by atoms with Crippen LogP contribution in [-0.4, -0.2) is 49.0 Å². The van der Waals surface area contributed by atoms with Crippen LogP contribution >= 0.6 is 24.0 Å². The van der Waals surface area contributed by atoms with E-state index < -0.39 is 6.10 Å². The van der Waals surface area contributed by atoms with Gasteiger partial charge in [-0.3, -0.25) is 0 Å². The van der Waals surface area contributed by atoms with Crippen LogP contribution in [0.25, 0.3) is 0 Å². The summed E-state index contributed by atoms with van der Waals surface area (Å²) >= 11 is 0. The first-order valence-electron chi connectivity index (χ1n) is 8.10. The number of methoxy groups -OCH3 is 1. The Bertz CT molecular complexity index is 691. The fraction of sp³-hybridized carbons (Fsp3) is 0.556. The van der Waals surface area contributed by atoms with E-state index in [-0.39, 0.29) is 35.5 Å². The van der Waals surface area contributed by atoms with Gasteiger partial charge < -0.3 is 19.5 Å². The second kappa shape index (κ2) is 5.10. The van der Waals surface area contributed by atoms with Gasteiger partial charge in [-0.25, -0.2) is 0 Å². The van der Waals surface area contributed by atoms with Crippen molar-refractivity contribution in [1.29, 1.82) is 0 Å². The molecule has 4 nitrogen and oxygen atoms in total. The first-order chi connectivity index (χ1) is 10.7. The smallest absolute Gasteiger partial charge is 0.165 e. The number of benzene rings is 1. The highest BCUT2D eigenvalue weighted by Gasteiger charge is 2.64. The zero-order valence-electron chi connectivity index (χ0n) is 13.4. The molecule has 1 aromatic carbocycles. The van der Waals surface area contributed by atoms with Gasteiger partial charge in [0.25, 0.3) is 0 Å². The lowest BCUT2D eigenvalue weighted by atomic mass is 9.53. The van der Waals surface area contributed by atoms with Gasteiger partial charge in [-0.1, -0.05) is 18.2 Å². The van der Waals surface area contributed by atoms with Gasteiger partial charge >= 0.3 is 0 Å². The van der Waals surface area contributed by atoms with Crippen LogP contribution < -0.4 is 9.47 Å². The zero-order chi connectivity index (χ0) is 15.1. The summed E-state index contributed by atoms with van der Waals surface area (Å²) in [6.45, 7) is 1.05. The van der Waals surface area contributed by atoms with E-state index in [9.17, 15) is 5.11 Å². The van der Waals surface area contributed by atoms with Crippen molar-refractivity contribution >= 4 is 24.0 Å².